The van der Waals surface area contributed by atoms with Gasteiger partial charge < -0.3 is 15.4 Å². The molecule has 2 atom stereocenters. The van der Waals surface area contributed by atoms with Crippen LogP contribution in [0.4, 0.5) is 0 Å². The summed E-state index contributed by atoms with van der Waals surface area (Å²) in [6.45, 7) is 4.22. The van der Waals surface area contributed by atoms with Crippen molar-refractivity contribution in [2.75, 3.05) is 6.54 Å². The maximum absolute atomic E-state index is 10.0. The third-order valence-corrected chi connectivity index (χ3v) is 3.71. The van der Waals surface area contributed by atoms with Crippen molar-refractivity contribution in [1.29, 1.82) is 0 Å². The molecule has 2 rings (SSSR count). The second-order valence-electron chi connectivity index (χ2n) is 5.51. The van der Waals surface area contributed by atoms with Crippen molar-refractivity contribution in [3.63, 3.8) is 0 Å². The normalized spacial score (nSPS) is 20.7. The molecular formula is C13H23N3O. The van der Waals surface area contributed by atoms with Gasteiger partial charge in [0.25, 0.3) is 0 Å². The molecule has 1 heterocycles. The number of imidazole rings is 1. The van der Waals surface area contributed by atoms with Crippen LogP contribution in [-0.4, -0.2) is 26.8 Å². The fourth-order valence-electron chi connectivity index (χ4n) is 2.69. The summed E-state index contributed by atoms with van der Waals surface area (Å²) in [5.41, 5.74) is 7.39. The van der Waals surface area contributed by atoms with Gasteiger partial charge in [-0.3, -0.25) is 0 Å². The Bertz CT molecular complexity index is 384. The second-order valence-corrected chi connectivity index (χ2v) is 5.51. The molecule has 1 aliphatic rings. The zero-order valence-electron chi connectivity index (χ0n) is 10.8. The Morgan fingerprint density at radius 3 is 2.94 bits per heavy atom. The van der Waals surface area contributed by atoms with Crippen LogP contribution in [0, 0.1) is 0 Å². The monoisotopic (exact) mass is 237 g/mol. The molecule has 0 spiro atoms. The standard InChI is InChI=1S/C13H23N3O/c1-10(7-13(2,17)8-14)16-9-15-11-5-3-4-6-12(11)16/h9-10,17H,3-8,14H2,1-2H3. The van der Waals surface area contributed by atoms with E-state index in [0.29, 0.717) is 13.0 Å². The number of nitrogens with two attached hydrogens (primary N) is 1. The van der Waals surface area contributed by atoms with E-state index in [1.54, 1.807) is 6.92 Å². The van der Waals surface area contributed by atoms with Crippen LogP contribution < -0.4 is 5.73 Å². The van der Waals surface area contributed by atoms with Gasteiger partial charge in [0, 0.05) is 18.3 Å². The molecule has 3 N–H and O–H groups in total. The molecule has 17 heavy (non-hydrogen) atoms. The summed E-state index contributed by atoms with van der Waals surface area (Å²) in [7, 11) is 0. The molecule has 96 valence electrons. The molecule has 0 fully saturated rings. The number of aliphatic hydroxyl groups is 1. The molecule has 0 amide bonds. The number of fused-ring (bicyclic) bond motifs is 1. The van der Waals surface area contributed by atoms with E-state index < -0.39 is 5.60 Å². The zero-order chi connectivity index (χ0) is 12.5. The van der Waals surface area contributed by atoms with Gasteiger partial charge in [-0.1, -0.05) is 0 Å². The Morgan fingerprint density at radius 1 is 1.53 bits per heavy atom. The topological polar surface area (TPSA) is 64.1 Å². The van der Waals surface area contributed by atoms with Gasteiger partial charge in [-0.25, -0.2) is 4.98 Å². The summed E-state index contributed by atoms with van der Waals surface area (Å²) in [6.07, 6.45) is 7.31. The summed E-state index contributed by atoms with van der Waals surface area (Å²) in [5.74, 6) is 0. The van der Waals surface area contributed by atoms with Crippen molar-refractivity contribution in [3.8, 4) is 0 Å². The minimum atomic E-state index is -0.786. The smallest absolute Gasteiger partial charge is 0.0954 e. The van der Waals surface area contributed by atoms with E-state index in [2.05, 4.69) is 16.5 Å². The molecule has 1 aromatic rings. The maximum Gasteiger partial charge on any atom is 0.0954 e. The molecule has 4 heteroatoms. The molecule has 0 aliphatic heterocycles. The van der Waals surface area contributed by atoms with Crippen LogP contribution in [0.5, 0.6) is 0 Å². The molecule has 4 nitrogen and oxygen atoms in total. The van der Waals surface area contributed by atoms with Crippen LogP contribution in [-0.2, 0) is 12.8 Å². The molecule has 2 unspecified atom stereocenters. The van der Waals surface area contributed by atoms with Gasteiger partial charge in [0.1, 0.15) is 0 Å². The number of aryl methyl sites for hydroxylation is 1. The molecule has 0 saturated carbocycles. The third kappa shape index (κ3) is 2.69. The SMILES string of the molecule is CC(CC(C)(O)CN)n1cnc2c1CCCC2. The van der Waals surface area contributed by atoms with E-state index in [1.165, 1.54) is 24.2 Å². The van der Waals surface area contributed by atoms with Crippen LogP contribution in [0.2, 0.25) is 0 Å². The van der Waals surface area contributed by atoms with Crippen LogP contribution in [0.1, 0.15) is 50.5 Å². The lowest BCUT2D eigenvalue weighted by Gasteiger charge is -2.27. The van der Waals surface area contributed by atoms with Gasteiger partial charge in [0.05, 0.1) is 17.6 Å². The van der Waals surface area contributed by atoms with Gasteiger partial charge >= 0.3 is 0 Å². The van der Waals surface area contributed by atoms with Crippen molar-refractivity contribution in [1.82, 2.24) is 9.55 Å². The van der Waals surface area contributed by atoms with E-state index in [0.717, 1.165) is 12.8 Å². The highest BCUT2D eigenvalue weighted by Crippen LogP contribution is 2.26. The Balaban J connectivity index is 2.14. The third-order valence-electron chi connectivity index (χ3n) is 3.71. The molecule has 0 bridgehead atoms. The molecule has 1 aliphatic carbocycles. The predicted octanol–water partition coefficient (Wildman–Crippen LogP) is 1.42. The van der Waals surface area contributed by atoms with Crippen LogP contribution in [0.15, 0.2) is 6.33 Å². The first-order valence-electron chi connectivity index (χ1n) is 6.50. The highest BCUT2D eigenvalue weighted by molar-refractivity contribution is 5.17. The van der Waals surface area contributed by atoms with E-state index in [-0.39, 0.29) is 6.04 Å². The lowest BCUT2D eigenvalue weighted by Crippen LogP contribution is -2.36. The fraction of sp³-hybridized carbons (Fsp3) is 0.769. The minimum Gasteiger partial charge on any atom is -0.389 e. The van der Waals surface area contributed by atoms with Crippen LogP contribution >= 0.6 is 0 Å². The number of rotatable bonds is 4. The Kier molecular flexibility index (Phi) is 3.54. The first-order chi connectivity index (χ1) is 8.03. The average molecular weight is 237 g/mol. The number of aromatic nitrogens is 2. The largest absolute Gasteiger partial charge is 0.389 e. The summed E-state index contributed by atoms with van der Waals surface area (Å²) in [4.78, 5) is 4.48. The van der Waals surface area contributed by atoms with Crippen LogP contribution in [0.25, 0.3) is 0 Å². The summed E-state index contributed by atoms with van der Waals surface area (Å²) >= 11 is 0. The van der Waals surface area contributed by atoms with Gasteiger partial charge in [-0.15, -0.1) is 0 Å². The van der Waals surface area contributed by atoms with Gasteiger partial charge in [-0.2, -0.15) is 0 Å². The highest BCUT2D eigenvalue weighted by atomic mass is 16.3. The van der Waals surface area contributed by atoms with E-state index in [9.17, 15) is 5.11 Å². The number of nitrogens with zero attached hydrogens (tertiary/aromatic N) is 2. The highest BCUT2D eigenvalue weighted by Gasteiger charge is 2.25. The quantitative estimate of drug-likeness (QED) is 0.832. The van der Waals surface area contributed by atoms with Crippen molar-refractivity contribution >= 4 is 0 Å². The van der Waals surface area contributed by atoms with Gasteiger partial charge in [0.15, 0.2) is 0 Å². The maximum atomic E-state index is 10.0. The van der Waals surface area contributed by atoms with E-state index in [4.69, 9.17) is 5.73 Å². The molecule has 1 aromatic heterocycles. The molecular weight excluding hydrogens is 214 g/mol. The van der Waals surface area contributed by atoms with E-state index in [1.807, 2.05) is 6.33 Å². The van der Waals surface area contributed by atoms with Crippen molar-refractivity contribution in [2.45, 2.75) is 57.6 Å². The van der Waals surface area contributed by atoms with E-state index >= 15 is 0 Å². The van der Waals surface area contributed by atoms with Gasteiger partial charge in [0.2, 0.25) is 0 Å². The Hall–Kier alpha value is -0.870. The number of hydrogen-bond acceptors (Lipinski definition) is 3. The molecule has 0 saturated heterocycles. The summed E-state index contributed by atoms with van der Waals surface area (Å²) in [5, 5.41) is 10.0. The first kappa shape index (κ1) is 12.6. The second kappa shape index (κ2) is 4.78. The Labute approximate surface area is 103 Å². The fourth-order valence-corrected chi connectivity index (χ4v) is 2.69. The zero-order valence-corrected chi connectivity index (χ0v) is 10.8. The lowest BCUT2D eigenvalue weighted by atomic mass is 9.96. The van der Waals surface area contributed by atoms with Crippen molar-refractivity contribution < 1.29 is 5.11 Å². The molecule has 0 radical (unpaired) electrons. The van der Waals surface area contributed by atoms with Crippen molar-refractivity contribution in [2.24, 2.45) is 5.73 Å². The average Bonchev–Trinajstić information content (AvgIpc) is 2.72. The Morgan fingerprint density at radius 2 is 2.24 bits per heavy atom. The van der Waals surface area contributed by atoms with Crippen molar-refractivity contribution in [3.05, 3.63) is 17.7 Å². The first-order valence-corrected chi connectivity index (χ1v) is 6.50. The lowest BCUT2D eigenvalue weighted by molar-refractivity contribution is 0.0461. The summed E-state index contributed by atoms with van der Waals surface area (Å²) in [6, 6.07) is 0.253. The minimum absolute atomic E-state index is 0.253. The number of hydrogen-bond donors (Lipinski definition) is 2. The summed E-state index contributed by atoms with van der Waals surface area (Å²) < 4.78 is 2.22. The predicted molar refractivity (Wildman–Crippen MR) is 67.9 cm³/mol. The van der Waals surface area contributed by atoms with Crippen LogP contribution in [0.3, 0.4) is 0 Å². The van der Waals surface area contributed by atoms with Gasteiger partial charge in [-0.05, 0) is 46.0 Å². The molecule has 0 aromatic carbocycles.